The van der Waals surface area contributed by atoms with Crippen LogP contribution in [0.2, 0.25) is 5.02 Å². The van der Waals surface area contributed by atoms with Crippen LogP contribution in [-0.2, 0) is 29.9 Å². The number of benzene rings is 2. The minimum absolute atomic E-state index is 0.0284. The molecular weight excluding hydrogens is 450 g/mol. The number of aromatic nitrogens is 1. The molecule has 9 heteroatoms. The summed E-state index contributed by atoms with van der Waals surface area (Å²) in [6.07, 6.45) is 0.971. The molecule has 3 aromatic rings. The van der Waals surface area contributed by atoms with Gasteiger partial charge in [-0.15, -0.1) is 0 Å². The largest absolute Gasteiger partial charge is 0.477 e. The fraction of sp³-hybridized carbons (Fsp3) is 0.217. The average molecular weight is 472 g/mol. The molecule has 0 amide bonds. The topological polar surface area (TPSA) is 92.8 Å². The molecular formula is C23H22ClN3O4S. The van der Waals surface area contributed by atoms with Gasteiger partial charge in [-0.25, -0.2) is 22.8 Å². The highest BCUT2D eigenvalue weighted by Gasteiger charge is 2.25. The molecule has 3 rings (SSSR count). The average Bonchev–Trinajstić information content (AvgIpc) is 3.05. The first-order valence-corrected chi connectivity index (χ1v) is 11.7. The Morgan fingerprint density at radius 1 is 1.19 bits per heavy atom. The number of nitrogens with zero attached hydrogens (tertiary/aromatic N) is 2. The summed E-state index contributed by atoms with van der Waals surface area (Å²) in [6, 6.07) is 13.4. The van der Waals surface area contributed by atoms with E-state index in [-0.39, 0.29) is 22.2 Å². The van der Waals surface area contributed by atoms with E-state index < -0.39 is 16.0 Å². The molecule has 0 saturated heterocycles. The molecule has 0 radical (unpaired) electrons. The van der Waals surface area contributed by atoms with E-state index in [4.69, 9.17) is 18.2 Å². The zero-order valence-electron chi connectivity index (χ0n) is 17.6. The molecule has 0 aliphatic rings. The maximum Gasteiger partial charge on any atom is 0.351 e. The van der Waals surface area contributed by atoms with Crippen LogP contribution in [0.25, 0.3) is 16.0 Å². The molecule has 1 heterocycles. The fourth-order valence-corrected chi connectivity index (χ4v) is 5.22. The maximum atomic E-state index is 12.4. The van der Waals surface area contributed by atoms with Crippen LogP contribution < -0.4 is 4.72 Å². The van der Waals surface area contributed by atoms with Crippen LogP contribution in [0.5, 0.6) is 0 Å². The smallest absolute Gasteiger partial charge is 0.351 e. The van der Waals surface area contributed by atoms with Crippen LogP contribution >= 0.6 is 11.6 Å². The Morgan fingerprint density at radius 3 is 2.41 bits per heavy atom. The van der Waals surface area contributed by atoms with Gasteiger partial charge in [-0.05, 0) is 36.1 Å². The van der Waals surface area contributed by atoms with E-state index in [1.54, 1.807) is 48.0 Å². The Morgan fingerprint density at radius 2 is 1.84 bits per heavy atom. The number of hydrogen-bond donors (Lipinski definition) is 2. The van der Waals surface area contributed by atoms with Crippen molar-refractivity contribution in [3.8, 4) is 11.1 Å². The van der Waals surface area contributed by atoms with Gasteiger partial charge >= 0.3 is 5.97 Å². The van der Waals surface area contributed by atoms with Crippen molar-refractivity contribution in [3.05, 3.63) is 81.9 Å². The zero-order valence-corrected chi connectivity index (χ0v) is 19.2. The van der Waals surface area contributed by atoms with E-state index in [2.05, 4.69) is 9.57 Å². The third kappa shape index (κ3) is 4.55. The van der Waals surface area contributed by atoms with Crippen molar-refractivity contribution in [3.63, 3.8) is 0 Å². The quantitative estimate of drug-likeness (QED) is 0.466. The molecule has 32 heavy (non-hydrogen) atoms. The van der Waals surface area contributed by atoms with Gasteiger partial charge in [0.15, 0.2) is 0 Å². The van der Waals surface area contributed by atoms with Crippen LogP contribution in [0.1, 0.15) is 28.7 Å². The molecule has 0 spiro atoms. The third-order valence-electron chi connectivity index (χ3n) is 5.21. The summed E-state index contributed by atoms with van der Waals surface area (Å²) in [5.41, 5.74) is 2.98. The standard InChI is InChI=1S/C23H22ClN3O4S/c1-4-18-21(25-2)20(22(23(28)29)27(18)3)16-11-9-15(10-12-16)13-14-26-32(30,31)19-8-6-5-7-17(19)24/h5-12,26H,4,13-14H2,1,3H3,(H,28,29). The number of rotatable bonds is 8. The van der Waals surface area contributed by atoms with Crippen molar-refractivity contribution in [1.82, 2.24) is 9.29 Å². The number of sulfonamides is 1. The lowest BCUT2D eigenvalue weighted by molar-refractivity contribution is 0.0687. The Labute approximate surface area is 192 Å². The summed E-state index contributed by atoms with van der Waals surface area (Å²) >= 11 is 5.98. The predicted octanol–water partition coefficient (Wildman–Crippen LogP) is 4.68. The highest BCUT2D eigenvalue weighted by molar-refractivity contribution is 7.89. The molecule has 0 unspecified atom stereocenters. The first-order chi connectivity index (χ1) is 15.2. The van der Waals surface area contributed by atoms with Crippen LogP contribution in [-0.4, -0.2) is 30.6 Å². The molecule has 0 aliphatic carbocycles. The first-order valence-electron chi connectivity index (χ1n) is 9.87. The van der Waals surface area contributed by atoms with Crippen molar-refractivity contribution in [2.75, 3.05) is 6.54 Å². The third-order valence-corrected chi connectivity index (χ3v) is 7.17. The van der Waals surface area contributed by atoms with E-state index in [1.807, 2.05) is 6.92 Å². The molecule has 0 atom stereocenters. The van der Waals surface area contributed by atoms with E-state index in [0.717, 1.165) is 5.56 Å². The molecule has 0 bridgehead atoms. The van der Waals surface area contributed by atoms with Crippen LogP contribution in [0.15, 0.2) is 53.4 Å². The first kappa shape index (κ1) is 23.5. The van der Waals surface area contributed by atoms with Crippen molar-refractivity contribution < 1.29 is 18.3 Å². The minimum atomic E-state index is -3.72. The number of carboxylic acid groups (broad SMARTS) is 1. The van der Waals surface area contributed by atoms with Gasteiger partial charge in [0, 0.05) is 24.8 Å². The van der Waals surface area contributed by atoms with Crippen molar-refractivity contribution in [1.29, 1.82) is 0 Å². The number of halogens is 1. The lowest BCUT2D eigenvalue weighted by atomic mass is 10.0. The number of carbonyl (C=O) groups is 1. The number of nitrogens with one attached hydrogen (secondary N) is 1. The maximum absolute atomic E-state index is 12.4. The molecule has 166 valence electrons. The van der Waals surface area contributed by atoms with Gasteiger partial charge in [-0.2, -0.15) is 0 Å². The van der Waals surface area contributed by atoms with Gasteiger partial charge < -0.3 is 9.67 Å². The highest BCUT2D eigenvalue weighted by atomic mass is 35.5. The van der Waals surface area contributed by atoms with Crippen molar-refractivity contribution in [2.24, 2.45) is 7.05 Å². The van der Waals surface area contributed by atoms with E-state index in [0.29, 0.717) is 35.3 Å². The molecule has 7 nitrogen and oxygen atoms in total. The Bertz CT molecular complexity index is 1310. The zero-order chi connectivity index (χ0) is 23.5. The Kier molecular flexibility index (Phi) is 7.04. The lowest BCUT2D eigenvalue weighted by Gasteiger charge is -2.09. The second-order valence-electron chi connectivity index (χ2n) is 7.12. The lowest BCUT2D eigenvalue weighted by Crippen LogP contribution is -2.26. The second-order valence-corrected chi connectivity index (χ2v) is 9.27. The van der Waals surface area contributed by atoms with Crippen LogP contribution in [0, 0.1) is 6.57 Å². The van der Waals surface area contributed by atoms with Crippen molar-refractivity contribution >= 4 is 33.3 Å². The molecule has 1 aromatic heterocycles. The van der Waals surface area contributed by atoms with Gasteiger partial charge in [0.1, 0.15) is 10.6 Å². The molecule has 2 N–H and O–H groups in total. The normalized spacial score (nSPS) is 11.3. The Hall–Kier alpha value is -3.12. The summed E-state index contributed by atoms with van der Waals surface area (Å²) < 4.78 is 29.0. The minimum Gasteiger partial charge on any atom is -0.477 e. The molecule has 2 aromatic carbocycles. The van der Waals surface area contributed by atoms with E-state index in [1.165, 1.54) is 12.1 Å². The second kappa shape index (κ2) is 9.57. The van der Waals surface area contributed by atoms with Crippen LogP contribution in [0.4, 0.5) is 5.69 Å². The van der Waals surface area contributed by atoms with Gasteiger partial charge in [0.05, 0.1) is 11.6 Å². The number of aromatic carboxylic acids is 1. The Balaban J connectivity index is 1.80. The molecule has 0 aliphatic heterocycles. The van der Waals surface area contributed by atoms with Gasteiger partial charge in [0.2, 0.25) is 15.7 Å². The number of hydrogen-bond acceptors (Lipinski definition) is 3. The van der Waals surface area contributed by atoms with Gasteiger partial charge in [0.25, 0.3) is 0 Å². The predicted molar refractivity (Wildman–Crippen MR) is 124 cm³/mol. The summed E-state index contributed by atoms with van der Waals surface area (Å²) in [6.45, 7) is 9.60. The van der Waals surface area contributed by atoms with Gasteiger partial charge in [-0.1, -0.05) is 54.9 Å². The van der Waals surface area contributed by atoms with Crippen LogP contribution in [0.3, 0.4) is 0 Å². The summed E-state index contributed by atoms with van der Waals surface area (Å²) in [5, 5.41) is 9.85. The fourth-order valence-electron chi connectivity index (χ4n) is 3.68. The monoisotopic (exact) mass is 471 g/mol. The van der Waals surface area contributed by atoms with E-state index >= 15 is 0 Å². The highest BCUT2D eigenvalue weighted by Crippen LogP contribution is 2.39. The summed E-state index contributed by atoms with van der Waals surface area (Å²) in [5.74, 6) is -1.09. The number of carboxylic acids is 1. The summed E-state index contributed by atoms with van der Waals surface area (Å²) in [7, 11) is -2.07. The molecule has 0 fully saturated rings. The van der Waals surface area contributed by atoms with E-state index in [9.17, 15) is 18.3 Å². The molecule has 0 saturated carbocycles. The summed E-state index contributed by atoms with van der Waals surface area (Å²) in [4.78, 5) is 15.5. The van der Waals surface area contributed by atoms with Gasteiger partial charge in [-0.3, -0.25) is 0 Å². The van der Waals surface area contributed by atoms with Crippen molar-refractivity contribution in [2.45, 2.75) is 24.7 Å². The SMILES string of the molecule is [C-]#[N+]c1c(-c2ccc(CCNS(=O)(=O)c3ccccc3Cl)cc2)c(C(=O)O)n(C)c1CC.